The van der Waals surface area contributed by atoms with Crippen LogP contribution in [0.4, 0.5) is 0 Å². The van der Waals surface area contributed by atoms with E-state index in [9.17, 15) is 9.59 Å². The van der Waals surface area contributed by atoms with Gasteiger partial charge in [0.25, 0.3) is 0 Å². The molecule has 0 heterocycles. The first-order chi connectivity index (χ1) is 8.56. The van der Waals surface area contributed by atoms with E-state index >= 15 is 0 Å². The quantitative estimate of drug-likeness (QED) is 0.803. The lowest BCUT2D eigenvalue weighted by Crippen LogP contribution is -2.14. The van der Waals surface area contributed by atoms with Crippen LogP contribution in [0.15, 0.2) is 12.1 Å². The Morgan fingerprint density at radius 1 is 1.22 bits per heavy atom. The summed E-state index contributed by atoms with van der Waals surface area (Å²) in [6.45, 7) is 1.77. The maximum Gasteiger partial charge on any atom is 0.342 e. The number of rotatable bonds is 5. The third kappa shape index (κ3) is 2.53. The summed E-state index contributed by atoms with van der Waals surface area (Å²) in [6, 6.07) is 2.70. The van der Waals surface area contributed by atoms with Gasteiger partial charge in [0.05, 0.1) is 26.4 Å². The molecular weight excluding hydrogens is 240 g/mol. The van der Waals surface area contributed by atoms with Crippen molar-refractivity contribution >= 4 is 11.9 Å². The van der Waals surface area contributed by atoms with Gasteiger partial charge in [-0.05, 0) is 19.1 Å². The smallest absolute Gasteiger partial charge is 0.342 e. The van der Waals surface area contributed by atoms with Crippen molar-refractivity contribution in [1.82, 2.24) is 0 Å². The Hall–Kier alpha value is -2.24. The number of carbonyl (C=O) groups excluding carboxylic acids is 1. The van der Waals surface area contributed by atoms with Crippen LogP contribution in [0.3, 0.4) is 0 Å². The molecule has 0 unspecified atom stereocenters. The Morgan fingerprint density at radius 2 is 1.89 bits per heavy atom. The zero-order valence-electron chi connectivity index (χ0n) is 10.4. The third-order valence-electron chi connectivity index (χ3n) is 2.26. The number of aromatic carboxylic acids is 1. The second kappa shape index (κ2) is 5.90. The standard InChI is InChI=1S/C12H14O6/c1-4-18-12(15)9-7(11(13)14)5-6-8(16-2)10(9)17-3/h5-6H,4H2,1-3H3,(H,13,14). The molecule has 0 aliphatic heterocycles. The van der Waals surface area contributed by atoms with Crippen LogP contribution in [-0.4, -0.2) is 37.9 Å². The first-order valence-corrected chi connectivity index (χ1v) is 5.22. The van der Waals surface area contributed by atoms with Gasteiger partial charge in [0.15, 0.2) is 11.5 Å². The van der Waals surface area contributed by atoms with Crippen LogP contribution in [0, 0.1) is 0 Å². The molecule has 0 saturated heterocycles. The predicted octanol–water partition coefficient (Wildman–Crippen LogP) is 1.58. The molecule has 1 rings (SSSR count). The number of carbonyl (C=O) groups is 2. The first-order valence-electron chi connectivity index (χ1n) is 5.22. The lowest BCUT2D eigenvalue weighted by Gasteiger charge is -2.13. The molecular formula is C12H14O6. The third-order valence-corrected chi connectivity index (χ3v) is 2.26. The van der Waals surface area contributed by atoms with Crippen molar-refractivity contribution in [1.29, 1.82) is 0 Å². The van der Waals surface area contributed by atoms with E-state index in [2.05, 4.69) is 0 Å². The summed E-state index contributed by atoms with van der Waals surface area (Å²) < 4.78 is 14.9. The highest BCUT2D eigenvalue weighted by Crippen LogP contribution is 2.34. The molecule has 1 aromatic carbocycles. The van der Waals surface area contributed by atoms with Gasteiger partial charge in [-0.2, -0.15) is 0 Å². The minimum Gasteiger partial charge on any atom is -0.493 e. The number of hydrogen-bond acceptors (Lipinski definition) is 5. The van der Waals surface area contributed by atoms with E-state index in [1.807, 2.05) is 0 Å². The zero-order chi connectivity index (χ0) is 13.7. The van der Waals surface area contributed by atoms with Gasteiger partial charge in [0.2, 0.25) is 0 Å². The average molecular weight is 254 g/mol. The van der Waals surface area contributed by atoms with E-state index in [1.165, 1.54) is 26.4 Å². The maximum atomic E-state index is 11.8. The van der Waals surface area contributed by atoms with E-state index in [4.69, 9.17) is 19.3 Å². The first kappa shape index (κ1) is 13.8. The van der Waals surface area contributed by atoms with Crippen molar-refractivity contribution in [3.05, 3.63) is 23.3 Å². The van der Waals surface area contributed by atoms with Gasteiger partial charge >= 0.3 is 11.9 Å². The fourth-order valence-electron chi connectivity index (χ4n) is 1.51. The monoisotopic (exact) mass is 254 g/mol. The van der Waals surface area contributed by atoms with E-state index in [0.717, 1.165) is 0 Å². The van der Waals surface area contributed by atoms with E-state index < -0.39 is 11.9 Å². The average Bonchev–Trinajstić information content (AvgIpc) is 2.36. The van der Waals surface area contributed by atoms with Crippen molar-refractivity contribution in [3.8, 4) is 11.5 Å². The lowest BCUT2D eigenvalue weighted by molar-refractivity contribution is 0.0510. The van der Waals surface area contributed by atoms with Crippen LogP contribution in [0.1, 0.15) is 27.6 Å². The summed E-state index contributed by atoms with van der Waals surface area (Å²) in [5.74, 6) is -1.67. The molecule has 18 heavy (non-hydrogen) atoms. The summed E-state index contributed by atoms with van der Waals surface area (Å²) in [6.07, 6.45) is 0. The second-order valence-corrected chi connectivity index (χ2v) is 3.25. The molecule has 0 bridgehead atoms. The molecule has 0 amide bonds. The normalized spacial score (nSPS) is 9.72. The SMILES string of the molecule is CCOC(=O)c1c(C(=O)O)ccc(OC)c1OC. The molecule has 0 radical (unpaired) electrons. The summed E-state index contributed by atoms with van der Waals surface area (Å²) >= 11 is 0. The van der Waals surface area contributed by atoms with Crippen LogP contribution in [0.2, 0.25) is 0 Å². The summed E-state index contributed by atoms with van der Waals surface area (Å²) in [7, 11) is 2.72. The number of carboxylic acid groups (broad SMARTS) is 1. The van der Waals surface area contributed by atoms with Crippen LogP contribution in [0.5, 0.6) is 11.5 Å². The topological polar surface area (TPSA) is 82.1 Å². The van der Waals surface area contributed by atoms with Crippen LogP contribution in [0.25, 0.3) is 0 Å². The zero-order valence-corrected chi connectivity index (χ0v) is 10.4. The van der Waals surface area contributed by atoms with Gasteiger partial charge in [-0.1, -0.05) is 0 Å². The Kier molecular flexibility index (Phi) is 4.53. The highest BCUT2D eigenvalue weighted by molar-refractivity contribution is 6.05. The molecule has 0 aliphatic rings. The maximum absolute atomic E-state index is 11.8. The molecule has 0 atom stereocenters. The fraction of sp³-hybridized carbons (Fsp3) is 0.333. The Labute approximate surface area is 104 Å². The number of ether oxygens (including phenoxy) is 3. The van der Waals surface area contributed by atoms with E-state index in [1.54, 1.807) is 6.92 Å². The molecule has 0 saturated carbocycles. The molecule has 6 nitrogen and oxygen atoms in total. The summed E-state index contributed by atoms with van der Waals surface area (Å²) in [4.78, 5) is 22.9. The minimum absolute atomic E-state index is 0.0517. The Balaban J connectivity index is 3.48. The molecule has 0 spiro atoms. The van der Waals surface area contributed by atoms with Crippen LogP contribution < -0.4 is 9.47 Å². The van der Waals surface area contributed by atoms with Crippen molar-refractivity contribution in [2.24, 2.45) is 0 Å². The second-order valence-electron chi connectivity index (χ2n) is 3.25. The van der Waals surface area contributed by atoms with Crippen molar-refractivity contribution in [2.45, 2.75) is 6.92 Å². The van der Waals surface area contributed by atoms with Gasteiger partial charge < -0.3 is 19.3 Å². The number of benzene rings is 1. The van der Waals surface area contributed by atoms with Gasteiger partial charge in [0, 0.05) is 0 Å². The summed E-state index contributed by atoms with van der Waals surface area (Å²) in [5, 5.41) is 9.06. The molecule has 1 aromatic rings. The van der Waals surface area contributed by atoms with Crippen LogP contribution in [-0.2, 0) is 4.74 Å². The van der Waals surface area contributed by atoms with E-state index in [0.29, 0.717) is 0 Å². The molecule has 98 valence electrons. The number of esters is 1. The minimum atomic E-state index is -1.24. The Morgan fingerprint density at radius 3 is 2.33 bits per heavy atom. The summed E-state index contributed by atoms with van der Waals surface area (Å²) in [5.41, 5.74) is -0.336. The number of carboxylic acids is 1. The van der Waals surface area contributed by atoms with Gasteiger partial charge in [0.1, 0.15) is 5.56 Å². The van der Waals surface area contributed by atoms with Crippen LogP contribution >= 0.6 is 0 Å². The van der Waals surface area contributed by atoms with Crippen molar-refractivity contribution < 1.29 is 28.9 Å². The molecule has 6 heteroatoms. The van der Waals surface area contributed by atoms with Gasteiger partial charge in [-0.3, -0.25) is 0 Å². The fourth-order valence-corrected chi connectivity index (χ4v) is 1.51. The predicted molar refractivity (Wildman–Crippen MR) is 62.5 cm³/mol. The molecule has 1 N–H and O–H groups in total. The number of methoxy groups -OCH3 is 2. The van der Waals surface area contributed by atoms with Crippen molar-refractivity contribution in [3.63, 3.8) is 0 Å². The molecule has 0 aliphatic carbocycles. The number of hydrogen-bond donors (Lipinski definition) is 1. The van der Waals surface area contributed by atoms with Gasteiger partial charge in [-0.15, -0.1) is 0 Å². The van der Waals surface area contributed by atoms with E-state index in [-0.39, 0.29) is 29.2 Å². The molecule has 0 aromatic heterocycles. The Bertz CT molecular complexity index is 466. The molecule has 0 fully saturated rings. The largest absolute Gasteiger partial charge is 0.493 e. The highest BCUT2D eigenvalue weighted by Gasteiger charge is 2.25. The highest BCUT2D eigenvalue weighted by atomic mass is 16.5. The van der Waals surface area contributed by atoms with Gasteiger partial charge in [-0.25, -0.2) is 9.59 Å². The lowest BCUT2D eigenvalue weighted by atomic mass is 10.1. The van der Waals surface area contributed by atoms with Crippen molar-refractivity contribution in [2.75, 3.05) is 20.8 Å².